The second-order valence-electron chi connectivity index (χ2n) is 5.59. The summed E-state index contributed by atoms with van der Waals surface area (Å²) < 4.78 is 14.9. The van der Waals surface area contributed by atoms with E-state index in [0.29, 0.717) is 17.8 Å². The highest BCUT2D eigenvalue weighted by Gasteiger charge is 2.27. The number of carbonyl (C=O) groups is 1. The number of aryl methyl sites for hydroxylation is 1. The van der Waals surface area contributed by atoms with Gasteiger partial charge in [-0.25, -0.2) is 9.07 Å². The van der Waals surface area contributed by atoms with Crippen molar-refractivity contribution in [3.63, 3.8) is 0 Å². The summed E-state index contributed by atoms with van der Waals surface area (Å²) in [6.07, 6.45) is 1.56. The molecule has 0 fully saturated rings. The molecule has 1 heterocycles. The normalized spacial score (nSPS) is 12.6. The van der Waals surface area contributed by atoms with E-state index in [1.54, 1.807) is 16.8 Å². The van der Waals surface area contributed by atoms with Crippen LogP contribution >= 0.6 is 0 Å². The van der Waals surface area contributed by atoms with Crippen LogP contribution in [0.5, 0.6) is 0 Å². The maximum atomic E-state index is 13.2. The Labute approximate surface area is 132 Å². The third-order valence-electron chi connectivity index (χ3n) is 4.20. The average molecular weight is 307 g/mol. The number of nitrogens with zero attached hydrogens (tertiary/aromatic N) is 2. The molecule has 0 bridgehead atoms. The van der Waals surface area contributed by atoms with Crippen LogP contribution in [0.1, 0.15) is 21.6 Å². The van der Waals surface area contributed by atoms with Gasteiger partial charge in [0, 0.05) is 11.1 Å². The van der Waals surface area contributed by atoms with Crippen molar-refractivity contribution in [3.05, 3.63) is 71.2 Å². The van der Waals surface area contributed by atoms with Crippen molar-refractivity contribution in [2.24, 2.45) is 5.73 Å². The number of primary amides is 1. The van der Waals surface area contributed by atoms with Gasteiger partial charge in [0.2, 0.25) is 0 Å². The highest BCUT2D eigenvalue weighted by molar-refractivity contribution is 5.95. The van der Waals surface area contributed by atoms with Gasteiger partial charge in [-0.3, -0.25) is 4.79 Å². The number of rotatable bonds is 2. The fourth-order valence-electron chi connectivity index (χ4n) is 3.16. The predicted molar refractivity (Wildman–Crippen MR) is 84.9 cm³/mol. The van der Waals surface area contributed by atoms with Crippen molar-refractivity contribution < 1.29 is 9.18 Å². The minimum Gasteiger partial charge on any atom is -0.364 e. The van der Waals surface area contributed by atoms with Crippen LogP contribution in [0.2, 0.25) is 0 Å². The van der Waals surface area contributed by atoms with Crippen LogP contribution in [0.25, 0.3) is 16.9 Å². The van der Waals surface area contributed by atoms with Gasteiger partial charge in [0.05, 0.1) is 11.4 Å². The largest absolute Gasteiger partial charge is 0.364 e. The van der Waals surface area contributed by atoms with E-state index in [9.17, 15) is 9.18 Å². The van der Waals surface area contributed by atoms with Gasteiger partial charge in [0.1, 0.15) is 5.82 Å². The van der Waals surface area contributed by atoms with Gasteiger partial charge in [0.15, 0.2) is 5.69 Å². The number of aromatic nitrogens is 2. The fraction of sp³-hybridized carbons (Fsp3) is 0.111. The van der Waals surface area contributed by atoms with Gasteiger partial charge in [-0.2, -0.15) is 5.10 Å². The molecule has 4 nitrogen and oxygen atoms in total. The van der Waals surface area contributed by atoms with Crippen LogP contribution in [-0.4, -0.2) is 15.7 Å². The molecular formula is C18H14FN3O. The molecule has 0 unspecified atom stereocenters. The Balaban J connectivity index is 2.01. The molecule has 2 N–H and O–H groups in total. The van der Waals surface area contributed by atoms with Crippen molar-refractivity contribution >= 4 is 5.91 Å². The first kappa shape index (κ1) is 13.7. The number of amides is 1. The number of hydrogen-bond acceptors (Lipinski definition) is 2. The van der Waals surface area contributed by atoms with Crippen LogP contribution < -0.4 is 5.73 Å². The van der Waals surface area contributed by atoms with Gasteiger partial charge in [-0.1, -0.05) is 24.3 Å². The summed E-state index contributed by atoms with van der Waals surface area (Å²) in [5, 5.41) is 4.41. The zero-order chi connectivity index (χ0) is 16.0. The monoisotopic (exact) mass is 307 g/mol. The average Bonchev–Trinajstić information content (AvgIpc) is 2.96. The smallest absolute Gasteiger partial charge is 0.269 e. The molecule has 2 aromatic carbocycles. The second-order valence-corrected chi connectivity index (χ2v) is 5.59. The molecular weight excluding hydrogens is 293 g/mol. The summed E-state index contributed by atoms with van der Waals surface area (Å²) in [6.45, 7) is 0. The second kappa shape index (κ2) is 5.05. The number of halogens is 1. The molecule has 0 saturated carbocycles. The zero-order valence-corrected chi connectivity index (χ0v) is 12.3. The Morgan fingerprint density at radius 1 is 1.09 bits per heavy atom. The first-order chi connectivity index (χ1) is 11.1. The van der Waals surface area contributed by atoms with E-state index in [-0.39, 0.29) is 5.82 Å². The highest BCUT2D eigenvalue weighted by atomic mass is 19.1. The molecule has 0 saturated heterocycles. The third kappa shape index (κ3) is 2.12. The SMILES string of the molecule is NC(=O)c1nn(-c2ccc(F)cc2)c2c1CCc1ccccc1-2. The maximum Gasteiger partial charge on any atom is 0.269 e. The lowest BCUT2D eigenvalue weighted by Crippen LogP contribution is -2.15. The lowest BCUT2D eigenvalue weighted by Gasteiger charge is -2.18. The Hall–Kier alpha value is -2.95. The molecule has 0 spiro atoms. The molecule has 114 valence electrons. The van der Waals surface area contributed by atoms with E-state index in [0.717, 1.165) is 23.2 Å². The first-order valence-electron chi connectivity index (χ1n) is 7.41. The van der Waals surface area contributed by atoms with E-state index in [4.69, 9.17) is 5.73 Å². The van der Waals surface area contributed by atoms with Crippen molar-refractivity contribution in [2.75, 3.05) is 0 Å². The van der Waals surface area contributed by atoms with Crippen LogP contribution in [0.15, 0.2) is 48.5 Å². The maximum absolute atomic E-state index is 13.2. The van der Waals surface area contributed by atoms with E-state index >= 15 is 0 Å². The molecule has 3 aromatic rings. The summed E-state index contributed by atoms with van der Waals surface area (Å²) in [7, 11) is 0. The topological polar surface area (TPSA) is 60.9 Å². The summed E-state index contributed by atoms with van der Waals surface area (Å²) in [5.74, 6) is -0.855. The van der Waals surface area contributed by atoms with Crippen LogP contribution in [0.3, 0.4) is 0 Å². The van der Waals surface area contributed by atoms with Crippen LogP contribution in [-0.2, 0) is 12.8 Å². The minimum atomic E-state index is -0.540. The zero-order valence-electron chi connectivity index (χ0n) is 12.3. The van der Waals surface area contributed by atoms with Crippen molar-refractivity contribution in [1.29, 1.82) is 0 Å². The Bertz CT molecular complexity index is 913. The number of hydrogen-bond donors (Lipinski definition) is 1. The number of carbonyl (C=O) groups excluding carboxylic acids is 1. The van der Waals surface area contributed by atoms with Crippen LogP contribution in [0.4, 0.5) is 4.39 Å². The summed E-state index contributed by atoms with van der Waals surface area (Å²) in [6, 6.07) is 14.1. The van der Waals surface area contributed by atoms with Gasteiger partial charge in [-0.15, -0.1) is 0 Å². The lowest BCUT2D eigenvalue weighted by molar-refractivity contribution is 0.0994. The number of fused-ring (bicyclic) bond motifs is 3. The van der Waals surface area contributed by atoms with Gasteiger partial charge >= 0.3 is 0 Å². The quantitative estimate of drug-likeness (QED) is 0.791. The molecule has 5 heteroatoms. The Kier molecular flexibility index (Phi) is 3.01. The highest BCUT2D eigenvalue weighted by Crippen LogP contribution is 2.36. The molecule has 1 aliphatic carbocycles. The van der Waals surface area contributed by atoms with E-state index in [1.807, 2.05) is 18.2 Å². The number of benzene rings is 2. The summed E-state index contributed by atoms with van der Waals surface area (Å²) >= 11 is 0. The van der Waals surface area contributed by atoms with Crippen LogP contribution in [0, 0.1) is 5.82 Å². The van der Waals surface area contributed by atoms with E-state index < -0.39 is 5.91 Å². The molecule has 0 atom stereocenters. The molecule has 1 aromatic heterocycles. The molecule has 4 rings (SSSR count). The molecule has 23 heavy (non-hydrogen) atoms. The van der Waals surface area contributed by atoms with Crippen molar-refractivity contribution in [3.8, 4) is 16.9 Å². The van der Waals surface area contributed by atoms with Gasteiger partial charge < -0.3 is 5.73 Å². The van der Waals surface area contributed by atoms with E-state index in [1.165, 1.54) is 17.7 Å². The van der Waals surface area contributed by atoms with Crippen molar-refractivity contribution in [2.45, 2.75) is 12.8 Å². The third-order valence-corrected chi connectivity index (χ3v) is 4.20. The lowest BCUT2D eigenvalue weighted by atomic mass is 9.89. The minimum absolute atomic E-state index is 0.291. The predicted octanol–water partition coefficient (Wildman–Crippen LogP) is 2.88. The molecule has 0 aliphatic heterocycles. The van der Waals surface area contributed by atoms with Gasteiger partial charge in [0.25, 0.3) is 5.91 Å². The van der Waals surface area contributed by atoms with E-state index in [2.05, 4.69) is 11.2 Å². The summed E-state index contributed by atoms with van der Waals surface area (Å²) in [5.41, 5.74) is 10.5. The first-order valence-corrected chi connectivity index (χ1v) is 7.41. The molecule has 0 radical (unpaired) electrons. The fourth-order valence-corrected chi connectivity index (χ4v) is 3.16. The number of nitrogens with two attached hydrogens (primary N) is 1. The van der Waals surface area contributed by atoms with Crippen molar-refractivity contribution in [1.82, 2.24) is 9.78 Å². The molecule has 1 amide bonds. The Morgan fingerprint density at radius 2 is 1.83 bits per heavy atom. The Morgan fingerprint density at radius 3 is 2.57 bits per heavy atom. The molecule has 1 aliphatic rings. The van der Waals surface area contributed by atoms with Gasteiger partial charge in [-0.05, 0) is 42.7 Å². The standard InChI is InChI=1S/C18H14FN3O/c19-12-6-8-13(9-7-12)22-17-14-4-2-1-3-11(14)5-10-15(17)16(21-22)18(20)23/h1-4,6-9H,5,10H2,(H2,20,23). The summed E-state index contributed by atoms with van der Waals surface area (Å²) in [4.78, 5) is 11.8.